The third-order valence-electron chi connectivity index (χ3n) is 2.13. The predicted octanol–water partition coefficient (Wildman–Crippen LogP) is 2.21. The molecule has 0 bridgehead atoms. The highest BCUT2D eigenvalue weighted by Crippen LogP contribution is 2.08. The van der Waals surface area contributed by atoms with Crippen molar-refractivity contribution in [3.05, 3.63) is 35.9 Å². The number of carboxylic acids is 1. The molecule has 1 atom stereocenters. The second-order valence-corrected chi connectivity index (χ2v) is 5.07. The van der Waals surface area contributed by atoms with Gasteiger partial charge in [0.1, 0.15) is 11.6 Å². The van der Waals surface area contributed by atoms with Gasteiger partial charge in [-0.05, 0) is 26.3 Å². The van der Waals surface area contributed by atoms with Gasteiger partial charge in [0.15, 0.2) is 0 Å². The Kier molecular flexibility index (Phi) is 4.39. The molecule has 0 heterocycles. The van der Waals surface area contributed by atoms with Crippen LogP contribution in [0.25, 0.3) is 0 Å². The molecule has 0 saturated carbocycles. The van der Waals surface area contributed by atoms with Gasteiger partial charge in [-0.2, -0.15) is 0 Å². The normalized spacial score (nSPS) is 15.0. The second-order valence-electron chi connectivity index (χ2n) is 5.07. The quantitative estimate of drug-likeness (QED) is 0.876. The number of carboxylic acid groups (broad SMARTS) is 1. The van der Waals surface area contributed by atoms with Crippen LogP contribution in [0.2, 0.25) is 0 Å². The molecule has 1 aromatic rings. The lowest BCUT2D eigenvalue weighted by Gasteiger charge is -2.22. The number of rotatable bonds is 4. The lowest BCUT2D eigenvalue weighted by molar-refractivity contribution is -0.139. The van der Waals surface area contributed by atoms with E-state index in [4.69, 9.17) is 6.11 Å². The van der Waals surface area contributed by atoms with E-state index in [1.165, 1.54) is 0 Å². The Bertz CT molecular complexity index is 484. The van der Waals surface area contributed by atoms with E-state index in [-0.39, 0.29) is 6.42 Å². The Labute approximate surface area is 114 Å². The fourth-order valence-corrected chi connectivity index (χ4v) is 1.40. The van der Waals surface area contributed by atoms with Crippen molar-refractivity contribution in [3.8, 4) is 0 Å². The zero-order chi connectivity index (χ0) is 15.4. The molecule has 0 spiro atoms. The van der Waals surface area contributed by atoms with Gasteiger partial charge in [0.25, 0.3) is 0 Å². The number of amides is 1. The molecule has 104 valence electrons. The van der Waals surface area contributed by atoms with Gasteiger partial charge in [-0.3, -0.25) is 0 Å². The third kappa shape index (κ3) is 5.90. The van der Waals surface area contributed by atoms with Crippen molar-refractivity contribution in [1.29, 1.82) is 0 Å². The molecule has 5 heteroatoms. The first-order valence-electron chi connectivity index (χ1n) is 6.41. The molecule has 5 nitrogen and oxygen atoms in total. The molecule has 1 amide bonds. The number of nitrogens with one attached hydrogen (secondary N) is 1. The van der Waals surface area contributed by atoms with Crippen LogP contribution in [0, 0.1) is 0 Å². The molecule has 19 heavy (non-hydrogen) atoms. The minimum absolute atomic E-state index is 0.150. The van der Waals surface area contributed by atoms with E-state index in [2.05, 4.69) is 5.32 Å². The Hall–Kier alpha value is -2.04. The summed E-state index contributed by atoms with van der Waals surface area (Å²) in [6, 6.07) is 6.50. The van der Waals surface area contributed by atoms with Crippen molar-refractivity contribution in [2.45, 2.75) is 38.8 Å². The lowest BCUT2D eigenvalue weighted by Crippen LogP contribution is -2.44. The number of benzene rings is 1. The van der Waals surface area contributed by atoms with Crippen LogP contribution in [0.4, 0.5) is 4.79 Å². The van der Waals surface area contributed by atoms with Crippen LogP contribution in [0.15, 0.2) is 30.3 Å². The van der Waals surface area contributed by atoms with Gasteiger partial charge in [-0.15, -0.1) is 0 Å². The average Bonchev–Trinajstić information content (AvgIpc) is 2.26. The van der Waals surface area contributed by atoms with Gasteiger partial charge in [0.2, 0.25) is 0 Å². The van der Waals surface area contributed by atoms with Crippen LogP contribution in [-0.4, -0.2) is 28.8 Å². The molecule has 1 rings (SSSR count). The van der Waals surface area contributed by atoms with Gasteiger partial charge < -0.3 is 15.2 Å². The fourth-order valence-electron chi connectivity index (χ4n) is 1.40. The summed E-state index contributed by atoms with van der Waals surface area (Å²) in [5.41, 5.74) is -0.114. The summed E-state index contributed by atoms with van der Waals surface area (Å²) in [6.45, 7) is 4.99. The van der Waals surface area contributed by atoms with Gasteiger partial charge in [0.05, 0.1) is 1.37 Å². The first-order chi connectivity index (χ1) is 9.12. The monoisotopic (exact) mass is 266 g/mol. The van der Waals surface area contributed by atoms with Crippen molar-refractivity contribution < 1.29 is 20.8 Å². The highest BCUT2D eigenvalue weighted by atomic mass is 16.6. The van der Waals surface area contributed by atoms with Gasteiger partial charge in [-0.1, -0.05) is 30.3 Å². The third-order valence-corrected chi connectivity index (χ3v) is 2.13. The summed E-state index contributed by atoms with van der Waals surface area (Å²) in [5, 5.41) is 11.3. The van der Waals surface area contributed by atoms with Crippen LogP contribution >= 0.6 is 0 Å². The van der Waals surface area contributed by atoms with Crippen molar-refractivity contribution in [1.82, 2.24) is 5.32 Å². The van der Waals surface area contributed by atoms with Crippen LogP contribution in [0.1, 0.15) is 27.7 Å². The summed E-state index contributed by atoms with van der Waals surface area (Å²) in [5.74, 6) is -1.44. The standard InChI is InChI=1S/C14H19NO4/c1-14(2,3)19-13(18)15-11(12(16)17)9-10-7-5-4-6-8-10/h4-8,11H,9H2,1-3H3,(H,15,18)(H,16,17)/t11-/m0/s1/i11D. The van der Waals surface area contributed by atoms with Crippen LogP contribution in [0.5, 0.6) is 0 Å². The zero-order valence-electron chi connectivity index (χ0n) is 12.3. The smallest absolute Gasteiger partial charge is 0.408 e. The van der Waals surface area contributed by atoms with Crippen molar-refractivity contribution >= 4 is 12.1 Å². The molecule has 0 unspecified atom stereocenters. The van der Waals surface area contributed by atoms with Crippen LogP contribution < -0.4 is 5.32 Å². The number of carbonyl (C=O) groups excluding carboxylic acids is 1. The van der Waals surface area contributed by atoms with Crippen LogP contribution in [-0.2, 0) is 16.0 Å². The van der Waals surface area contributed by atoms with Gasteiger partial charge in [0, 0.05) is 6.42 Å². The van der Waals surface area contributed by atoms with Gasteiger partial charge in [-0.25, -0.2) is 9.59 Å². The molecule has 0 aliphatic carbocycles. The van der Waals surface area contributed by atoms with Gasteiger partial charge >= 0.3 is 12.1 Å². The molecule has 1 aromatic carbocycles. The summed E-state index contributed by atoms with van der Waals surface area (Å²) >= 11 is 0. The predicted molar refractivity (Wildman–Crippen MR) is 70.9 cm³/mol. The Morgan fingerprint density at radius 3 is 2.42 bits per heavy atom. The minimum Gasteiger partial charge on any atom is -0.480 e. The topological polar surface area (TPSA) is 75.6 Å². The average molecular weight is 266 g/mol. The Morgan fingerprint density at radius 2 is 1.95 bits per heavy atom. The number of carbonyl (C=O) groups is 2. The molecular formula is C14H19NO4. The Balaban J connectivity index is 2.82. The van der Waals surface area contributed by atoms with Crippen molar-refractivity contribution in [3.63, 3.8) is 0 Å². The van der Waals surface area contributed by atoms with E-state index < -0.39 is 23.7 Å². The maximum Gasteiger partial charge on any atom is 0.408 e. The maximum absolute atomic E-state index is 11.7. The number of hydrogen-bond acceptors (Lipinski definition) is 3. The van der Waals surface area contributed by atoms with E-state index in [1.54, 1.807) is 51.1 Å². The summed E-state index contributed by atoms with van der Waals surface area (Å²) in [6.07, 6.45) is -1.08. The van der Waals surface area contributed by atoms with Crippen molar-refractivity contribution in [2.75, 3.05) is 0 Å². The zero-order valence-corrected chi connectivity index (χ0v) is 11.3. The largest absolute Gasteiger partial charge is 0.480 e. The lowest BCUT2D eigenvalue weighted by atomic mass is 10.1. The molecular weight excluding hydrogens is 246 g/mol. The highest BCUT2D eigenvalue weighted by Gasteiger charge is 2.23. The summed E-state index contributed by atoms with van der Waals surface area (Å²) < 4.78 is 12.9. The van der Waals surface area contributed by atoms with Crippen LogP contribution in [0.3, 0.4) is 0 Å². The first kappa shape index (κ1) is 13.4. The second kappa shape index (κ2) is 6.22. The van der Waals surface area contributed by atoms with E-state index >= 15 is 0 Å². The molecule has 0 aliphatic heterocycles. The summed E-state index contributed by atoms with van der Waals surface area (Å²) in [4.78, 5) is 22.9. The number of ether oxygens (including phenoxy) is 1. The molecule has 0 radical (unpaired) electrons. The highest BCUT2D eigenvalue weighted by molar-refractivity contribution is 5.80. The first-order valence-corrected chi connectivity index (χ1v) is 5.91. The van der Waals surface area contributed by atoms with E-state index in [0.29, 0.717) is 5.56 Å². The molecule has 0 fully saturated rings. The Morgan fingerprint density at radius 1 is 1.37 bits per heavy atom. The van der Waals surface area contributed by atoms with E-state index in [1.807, 2.05) is 0 Å². The molecule has 0 saturated heterocycles. The SMILES string of the molecule is [2H][C@@](Cc1ccccc1)(NC(=O)OC(C)(C)C)C(=O)O. The fraction of sp³-hybridized carbons (Fsp3) is 0.429. The maximum atomic E-state index is 11.7. The number of alkyl carbamates (subject to hydrolysis) is 1. The number of aliphatic carboxylic acids is 1. The van der Waals surface area contributed by atoms with E-state index in [9.17, 15) is 14.7 Å². The number of hydrogen-bond donors (Lipinski definition) is 2. The minimum atomic E-state index is -2.16. The van der Waals surface area contributed by atoms with E-state index in [0.717, 1.165) is 0 Å². The molecule has 0 aliphatic rings. The summed E-state index contributed by atoms with van der Waals surface area (Å²) in [7, 11) is 0. The molecule has 0 aromatic heterocycles. The van der Waals surface area contributed by atoms with Crippen molar-refractivity contribution in [2.24, 2.45) is 0 Å². The molecule has 2 N–H and O–H groups in total.